The number of aryl methyl sites for hydroxylation is 1. The van der Waals surface area contributed by atoms with Crippen LogP contribution in [0.1, 0.15) is 25.8 Å². The van der Waals surface area contributed by atoms with E-state index in [1.165, 1.54) is 5.56 Å². The molecule has 6 heteroatoms. The van der Waals surface area contributed by atoms with Gasteiger partial charge >= 0.3 is 0 Å². The molecule has 0 spiro atoms. The van der Waals surface area contributed by atoms with Crippen LogP contribution in [0.15, 0.2) is 12.4 Å². The molecule has 22 heavy (non-hydrogen) atoms. The van der Waals surface area contributed by atoms with E-state index in [0.29, 0.717) is 5.92 Å². The fourth-order valence-electron chi connectivity index (χ4n) is 3.67. The number of aromatic nitrogens is 2. The first-order valence-electron chi connectivity index (χ1n) is 8.15. The van der Waals surface area contributed by atoms with Crippen molar-refractivity contribution in [3.63, 3.8) is 0 Å². The molecule has 0 bridgehead atoms. The van der Waals surface area contributed by atoms with Gasteiger partial charge < -0.3 is 10.1 Å². The molecule has 0 radical (unpaired) electrons. The Morgan fingerprint density at radius 1 is 1.50 bits per heavy atom. The Kier molecular flexibility index (Phi) is 4.49. The van der Waals surface area contributed by atoms with E-state index in [1.807, 2.05) is 38.0 Å². The van der Waals surface area contributed by atoms with Crippen LogP contribution in [0.25, 0.3) is 0 Å². The topological polar surface area (TPSA) is 59.4 Å². The number of ether oxygens (including phenoxy) is 1. The monoisotopic (exact) mass is 306 g/mol. The quantitative estimate of drug-likeness (QED) is 0.893. The van der Waals surface area contributed by atoms with E-state index >= 15 is 0 Å². The van der Waals surface area contributed by atoms with Crippen LogP contribution >= 0.6 is 0 Å². The Bertz CT molecular complexity index is 528. The smallest absolute Gasteiger partial charge is 0.224 e. The van der Waals surface area contributed by atoms with Gasteiger partial charge in [0.2, 0.25) is 5.91 Å². The third-order valence-electron chi connectivity index (χ3n) is 4.60. The average molecular weight is 306 g/mol. The van der Waals surface area contributed by atoms with Crippen LogP contribution < -0.4 is 5.32 Å². The first-order chi connectivity index (χ1) is 10.5. The van der Waals surface area contributed by atoms with Crippen LogP contribution in [0.5, 0.6) is 0 Å². The molecule has 2 aliphatic heterocycles. The van der Waals surface area contributed by atoms with Crippen LogP contribution in [0, 0.1) is 11.8 Å². The summed E-state index contributed by atoms with van der Waals surface area (Å²) in [6.07, 6.45) is 5.12. The predicted molar refractivity (Wildman–Crippen MR) is 83.1 cm³/mol. The zero-order chi connectivity index (χ0) is 15.7. The lowest BCUT2D eigenvalue weighted by molar-refractivity contribution is -0.131. The summed E-state index contributed by atoms with van der Waals surface area (Å²) < 4.78 is 7.69. The molecule has 1 N–H and O–H groups in total. The molecule has 1 aromatic rings. The van der Waals surface area contributed by atoms with Gasteiger partial charge in [-0.25, -0.2) is 0 Å². The maximum Gasteiger partial charge on any atom is 0.224 e. The average Bonchev–Trinajstić information content (AvgIpc) is 3.06. The molecule has 1 amide bonds. The van der Waals surface area contributed by atoms with Gasteiger partial charge in [0.1, 0.15) is 0 Å². The van der Waals surface area contributed by atoms with Crippen molar-refractivity contribution >= 4 is 5.91 Å². The zero-order valence-corrected chi connectivity index (χ0v) is 13.7. The third-order valence-corrected chi connectivity index (χ3v) is 4.60. The summed E-state index contributed by atoms with van der Waals surface area (Å²) in [5.74, 6) is 0.565. The molecule has 6 nitrogen and oxygen atoms in total. The molecule has 3 atom stereocenters. The van der Waals surface area contributed by atoms with Gasteiger partial charge in [0.25, 0.3) is 0 Å². The van der Waals surface area contributed by atoms with Crippen LogP contribution in [0.2, 0.25) is 0 Å². The molecule has 0 aliphatic carbocycles. The maximum atomic E-state index is 12.5. The second kappa shape index (κ2) is 6.38. The Hall–Kier alpha value is -1.40. The van der Waals surface area contributed by atoms with Crippen LogP contribution in [-0.2, 0) is 23.1 Å². The highest BCUT2D eigenvalue weighted by Gasteiger charge is 2.43. The molecule has 3 rings (SSSR count). The molecule has 2 aliphatic rings. The Morgan fingerprint density at radius 2 is 2.32 bits per heavy atom. The van der Waals surface area contributed by atoms with Crippen LogP contribution in [0.3, 0.4) is 0 Å². The second-order valence-electron chi connectivity index (χ2n) is 6.85. The van der Waals surface area contributed by atoms with Crippen molar-refractivity contribution in [2.24, 2.45) is 18.9 Å². The number of nitrogens with one attached hydrogen (secondary N) is 1. The Balaban J connectivity index is 1.70. The minimum Gasteiger partial charge on any atom is -0.377 e. The van der Waals surface area contributed by atoms with E-state index in [-0.39, 0.29) is 24.0 Å². The SMILES string of the molecule is CC(C)NC(=O)[C@H]1CN(Cc2cnn(C)c2)C[C@H]2OCC[C@@H]12. The highest BCUT2D eigenvalue weighted by molar-refractivity contribution is 5.79. The summed E-state index contributed by atoms with van der Waals surface area (Å²) in [6, 6.07) is 0.182. The number of likely N-dealkylation sites (tertiary alicyclic amines) is 1. The number of hydrogen-bond acceptors (Lipinski definition) is 4. The summed E-state index contributed by atoms with van der Waals surface area (Å²) in [4.78, 5) is 14.9. The molecular formula is C16H26N4O2. The fourth-order valence-corrected chi connectivity index (χ4v) is 3.67. The molecule has 2 saturated heterocycles. The molecule has 2 fully saturated rings. The maximum absolute atomic E-state index is 12.5. The van der Waals surface area contributed by atoms with Crippen molar-refractivity contribution in [2.45, 2.75) is 39.0 Å². The molecule has 0 saturated carbocycles. The van der Waals surface area contributed by atoms with Crippen LogP contribution in [-0.4, -0.2) is 52.4 Å². The molecular weight excluding hydrogens is 280 g/mol. The van der Waals surface area contributed by atoms with E-state index in [1.54, 1.807) is 0 Å². The number of carbonyl (C=O) groups is 1. The lowest BCUT2D eigenvalue weighted by Crippen LogP contribution is -2.53. The molecule has 122 valence electrons. The van der Waals surface area contributed by atoms with E-state index in [4.69, 9.17) is 4.74 Å². The molecule has 1 aromatic heterocycles. The normalized spacial score (nSPS) is 28.8. The second-order valence-corrected chi connectivity index (χ2v) is 6.85. The van der Waals surface area contributed by atoms with Gasteiger partial charge in [0.05, 0.1) is 18.2 Å². The highest BCUT2D eigenvalue weighted by Crippen LogP contribution is 2.34. The van der Waals surface area contributed by atoms with Crippen LogP contribution in [0.4, 0.5) is 0 Å². The molecule has 0 aromatic carbocycles. The number of hydrogen-bond donors (Lipinski definition) is 1. The summed E-state index contributed by atoms with van der Waals surface area (Å²) in [7, 11) is 1.93. The summed E-state index contributed by atoms with van der Waals surface area (Å²) in [6.45, 7) is 7.34. The van der Waals surface area contributed by atoms with Crippen molar-refractivity contribution in [3.05, 3.63) is 18.0 Å². The van der Waals surface area contributed by atoms with Crippen molar-refractivity contribution in [1.29, 1.82) is 0 Å². The van der Waals surface area contributed by atoms with Crippen molar-refractivity contribution in [3.8, 4) is 0 Å². The Labute approximate surface area is 131 Å². The van der Waals surface area contributed by atoms with Gasteiger partial charge in [-0.1, -0.05) is 0 Å². The van der Waals surface area contributed by atoms with Gasteiger partial charge in [-0.05, 0) is 20.3 Å². The van der Waals surface area contributed by atoms with E-state index in [0.717, 1.165) is 32.7 Å². The standard InChI is InChI=1S/C16H26N4O2/c1-11(2)18-16(21)14-9-20(8-12-6-17-19(3)7-12)10-15-13(14)4-5-22-15/h6-7,11,13-15H,4-5,8-10H2,1-3H3,(H,18,21)/t13-,14-,15+/m0/s1. The largest absolute Gasteiger partial charge is 0.377 e. The van der Waals surface area contributed by atoms with E-state index in [2.05, 4.69) is 15.3 Å². The number of amides is 1. The van der Waals surface area contributed by atoms with Crippen molar-refractivity contribution in [2.75, 3.05) is 19.7 Å². The zero-order valence-electron chi connectivity index (χ0n) is 13.7. The summed E-state index contributed by atoms with van der Waals surface area (Å²) in [5, 5.41) is 7.30. The number of fused-ring (bicyclic) bond motifs is 1. The number of piperidine rings is 1. The summed E-state index contributed by atoms with van der Waals surface area (Å²) in [5.41, 5.74) is 1.18. The van der Waals surface area contributed by atoms with Gasteiger partial charge in [0.15, 0.2) is 0 Å². The lowest BCUT2D eigenvalue weighted by Gasteiger charge is -2.39. The Morgan fingerprint density at radius 3 is 3.00 bits per heavy atom. The first-order valence-corrected chi connectivity index (χ1v) is 8.15. The number of rotatable bonds is 4. The molecule has 0 unspecified atom stereocenters. The van der Waals surface area contributed by atoms with Gasteiger partial charge in [-0.3, -0.25) is 14.4 Å². The highest BCUT2D eigenvalue weighted by atomic mass is 16.5. The first kappa shape index (κ1) is 15.5. The summed E-state index contributed by atoms with van der Waals surface area (Å²) >= 11 is 0. The lowest BCUT2D eigenvalue weighted by atomic mass is 9.82. The fraction of sp³-hybridized carbons (Fsp3) is 0.750. The minimum absolute atomic E-state index is 0.0281. The van der Waals surface area contributed by atoms with Gasteiger partial charge in [-0.15, -0.1) is 0 Å². The number of carbonyl (C=O) groups excluding carboxylic acids is 1. The molecule has 3 heterocycles. The van der Waals surface area contributed by atoms with Crippen molar-refractivity contribution < 1.29 is 9.53 Å². The van der Waals surface area contributed by atoms with Gasteiger partial charge in [0, 0.05) is 57.0 Å². The number of nitrogens with zero attached hydrogens (tertiary/aromatic N) is 3. The van der Waals surface area contributed by atoms with Gasteiger partial charge in [-0.2, -0.15) is 5.10 Å². The van der Waals surface area contributed by atoms with Crippen molar-refractivity contribution in [1.82, 2.24) is 20.0 Å². The van der Waals surface area contributed by atoms with E-state index in [9.17, 15) is 4.79 Å². The third kappa shape index (κ3) is 3.33. The van der Waals surface area contributed by atoms with E-state index < -0.39 is 0 Å². The minimum atomic E-state index is 0.0281. The predicted octanol–water partition coefficient (Wildman–Crippen LogP) is 0.782.